The van der Waals surface area contributed by atoms with Crippen LogP contribution < -0.4 is 10.6 Å². The van der Waals surface area contributed by atoms with Crippen LogP contribution in [-0.4, -0.2) is 57.7 Å². The molecule has 2 rings (SSSR count). The maximum absolute atomic E-state index is 11.8. The van der Waals surface area contributed by atoms with E-state index in [9.17, 15) is 8.42 Å². The summed E-state index contributed by atoms with van der Waals surface area (Å²) in [6.07, 6.45) is 3.33. The Labute approximate surface area is 124 Å². The molecular weight excluding hydrogens is 296 g/mol. The van der Waals surface area contributed by atoms with Gasteiger partial charge in [-0.25, -0.2) is 8.42 Å². The van der Waals surface area contributed by atoms with Gasteiger partial charge in [0.25, 0.3) is 0 Å². The molecule has 1 fully saturated rings. The highest BCUT2D eigenvalue weighted by atomic mass is 32.2. The number of hydrogen-bond donors (Lipinski definition) is 1. The van der Waals surface area contributed by atoms with Gasteiger partial charge in [-0.3, -0.25) is 0 Å². The molecule has 0 radical (unpaired) electrons. The Hall–Kier alpha value is -0.860. The second-order valence-electron chi connectivity index (χ2n) is 5.67. The number of piperidine rings is 1. The maximum atomic E-state index is 11.8. The SMILES string of the molecule is CN(C)CC1CCN(c2snc(N)c2S(C)(=O)=O)CC1. The molecule has 0 aliphatic carbocycles. The Balaban J connectivity index is 2.12. The Morgan fingerprint density at radius 2 is 2.00 bits per heavy atom. The highest BCUT2D eigenvalue weighted by Gasteiger charge is 2.28. The van der Waals surface area contributed by atoms with Gasteiger partial charge >= 0.3 is 0 Å². The number of nitrogen functional groups attached to an aromatic ring is 1. The average Bonchev–Trinajstić information content (AvgIpc) is 2.71. The van der Waals surface area contributed by atoms with E-state index in [-0.39, 0.29) is 10.7 Å². The van der Waals surface area contributed by atoms with E-state index < -0.39 is 9.84 Å². The number of hydrogen-bond acceptors (Lipinski definition) is 7. The molecule has 0 bridgehead atoms. The molecule has 0 atom stereocenters. The summed E-state index contributed by atoms with van der Waals surface area (Å²) in [5.74, 6) is 0.802. The number of nitrogens with zero attached hydrogens (tertiary/aromatic N) is 3. The topological polar surface area (TPSA) is 79.5 Å². The van der Waals surface area contributed by atoms with Crippen LogP contribution in [0.1, 0.15) is 12.8 Å². The molecule has 1 aromatic heterocycles. The number of nitrogens with two attached hydrogens (primary N) is 1. The van der Waals surface area contributed by atoms with Crippen molar-refractivity contribution in [3.8, 4) is 0 Å². The lowest BCUT2D eigenvalue weighted by Crippen LogP contribution is -2.37. The number of sulfone groups is 1. The highest BCUT2D eigenvalue weighted by molar-refractivity contribution is 7.91. The molecule has 0 aromatic carbocycles. The van der Waals surface area contributed by atoms with Crippen molar-refractivity contribution in [2.75, 3.05) is 50.6 Å². The van der Waals surface area contributed by atoms with Crippen molar-refractivity contribution in [2.24, 2.45) is 5.92 Å². The van der Waals surface area contributed by atoms with Crippen LogP contribution in [-0.2, 0) is 9.84 Å². The predicted molar refractivity (Wildman–Crippen MR) is 83.1 cm³/mol. The van der Waals surface area contributed by atoms with Crippen molar-refractivity contribution in [3.05, 3.63) is 0 Å². The lowest BCUT2D eigenvalue weighted by molar-refractivity contribution is 0.285. The zero-order valence-electron chi connectivity index (χ0n) is 12.2. The summed E-state index contributed by atoms with van der Waals surface area (Å²) in [5.41, 5.74) is 5.71. The predicted octanol–water partition coefficient (Wildman–Crippen LogP) is 0.907. The number of anilines is 2. The van der Waals surface area contributed by atoms with Crippen LogP contribution in [0.3, 0.4) is 0 Å². The van der Waals surface area contributed by atoms with E-state index in [1.54, 1.807) is 0 Å². The molecular formula is C12H22N4O2S2. The van der Waals surface area contributed by atoms with Gasteiger partial charge in [-0.2, -0.15) is 4.37 Å². The van der Waals surface area contributed by atoms with Gasteiger partial charge in [0.2, 0.25) is 0 Å². The first kappa shape index (κ1) is 15.5. The summed E-state index contributed by atoms with van der Waals surface area (Å²) in [4.78, 5) is 4.51. The first-order valence-electron chi connectivity index (χ1n) is 6.64. The summed E-state index contributed by atoms with van der Waals surface area (Å²) in [5, 5.41) is 0.702. The molecule has 1 aliphatic rings. The highest BCUT2D eigenvalue weighted by Crippen LogP contribution is 2.36. The third-order valence-corrected chi connectivity index (χ3v) is 5.75. The van der Waals surface area contributed by atoms with Crippen LogP contribution in [0.2, 0.25) is 0 Å². The van der Waals surface area contributed by atoms with Crippen LogP contribution in [0.25, 0.3) is 0 Å². The molecule has 1 saturated heterocycles. The minimum Gasteiger partial charge on any atom is -0.382 e. The fourth-order valence-corrected chi connectivity index (χ4v) is 4.93. The Kier molecular flexibility index (Phi) is 4.55. The first-order chi connectivity index (χ1) is 9.29. The summed E-state index contributed by atoms with van der Waals surface area (Å²) in [7, 11) is 0.833. The molecule has 20 heavy (non-hydrogen) atoms. The van der Waals surface area contributed by atoms with Crippen molar-refractivity contribution in [2.45, 2.75) is 17.7 Å². The standard InChI is InChI=1S/C12H22N4O2S2/c1-15(2)8-9-4-6-16(7-5-9)12-10(20(3,17)18)11(13)14-19-12/h9H,4-8H2,1-3H3,(H2,13,14). The van der Waals surface area contributed by atoms with Gasteiger partial charge in [-0.1, -0.05) is 0 Å². The smallest absolute Gasteiger partial charge is 0.182 e. The van der Waals surface area contributed by atoms with E-state index in [0.717, 1.165) is 32.5 Å². The van der Waals surface area contributed by atoms with Gasteiger partial charge in [0.15, 0.2) is 15.7 Å². The van der Waals surface area contributed by atoms with Crippen LogP contribution in [0, 0.1) is 5.92 Å². The van der Waals surface area contributed by atoms with Crippen molar-refractivity contribution in [3.63, 3.8) is 0 Å². The molecule has 0 saturated carbocycles. The van der Waals surface area contributed by atoms with Gasteiger partial charge in [0.1, 0.15) is 9.90 Å². The van der Waals surface area contributed by atoms with Crippen molar-refractivity contribution >= 4 is 32.2 Å². The maximum Gasteiger partial charge on any atom is 0.182 e. The molecule has 0 unspecified atom stereocenters. The molecule has 2 N–H and O–H groups in total. The molecule has 1 aromatic rings. The number of aromatic nitrogens is 1. The molecule has 1 aliphatic heterocycles. The Morgan fingerprint density at radius 1 is 1.40 bits per heavy atom. The second-order valence-corrected chi connectivity index (χ2v) is 8.37. The van der Waals surface area contributed by atoms with Crippen LogP contribution in [0.15, 0.2) is 4.90 Å². The van der Waals surface area contributed by atoms with Gasteiger partial charge in [-0.15, -0.1) is 0 Å². The van der Waals surface area contributed by atoms with Gasteiger partial charge in [0.05, 0.1) is 0 Å². The van der Waals surface area contributed by atoms with Crippen LogP contribution in [0.4, 0.5) is 10.8 Å². The van der Waals surface area contributed by atoms with Crippen molar-refractivity contribution in [1.29, 1.82) is 0 Å². The first-order valence-corrected chi connectivity index (χ1v) is 9.30. The van der Waals surface area contributed by atoms with Crippen molar-refractivity contribution < 1.29 is 8.42 Å². The molecule has 0 spiro atoms. The summed E-state index contributed by atoms with van der Waals surface area (Å²) >= 11 is 1.19. The quantitative estimate of drug-likeness (QED) is 0.889. The molecule has 8 heteroatoms. The van der Waals surface area contributed by atoms with E-state index in [2.05, 4.69) is 28.3 Å². The van der Waals surface area contributed by atoms with Crippen LogP contribution >= 0.6 is 11.5 Å². The fraction of sp³-hybridized carbons (Fsp3) is 0.750. The van der Waals surface area contributed by atoms with E-state index in [1.165, 1.54) is 17.8 Å². The average molecular weight is 318 g/mol. The van der Waals surface area contributed by atoms with E-state index >= 15 is 0 Å². The minimum absolute atomic E-state index is 0.128. The molecule has 6 nitrogen and oxygen atoms in total. The summed E-state index contributed by atoms with van der Waals surface area (Å²) < 4.78 is 27.7. The van der Waals surface area contributed by atoms with E-state index in [0.29, 0.717) is 10.9 Å². The third-order valence-electron chi connectivity index (χ3n) is 3.55. The monoisotopic (exact) mass is 318 g/mol. The largest absolute Gasteiger partial charge is 0.382 e. The van der Waals surface area contributed by atoms with Gasteiger partial charge in [0, 0.05) is 25.9 Å². The fourth-order valence-electron chi connectivity index (χ4n) is 2.67. The normalized spacial score (nSPS) is 17.9. The minimum atomic E-state index is -3.33. The third kappa shape index (κ3) is 3.42. The Bertz CT molecular complexity index is 560. The molecule has 114 valence electrons. The zero-order valence-corrected chi connectivity index (χ0v) is 13.8. The lowest BCUT2D eigenvalue weighted by Gasteiger charge is -2.33. The van der Waals surface area contributed by atoms with Gasteiger partial charge in [-0.05, 0) is 44.4 Å². The second kappa shape index (κ2) is 5.87. The Morgan fingerprint density at radius 3 is 2.50 bits per heavy atom. The zero-order chi connectivity index (χ0) is 14.9. The van der Waals surface area contributed by atoms with Gasteiger partial charge < -0.3 is 15.5 Å². The van der Waals surface area contributed by atoms with E-state index in [1.807, 2.05) is 0 Å². The van der Waals surface area contributed by atoms with Crippen molar-refractivity contribution in [1.82, 2.24) is 9.27 Å². The summed E-state index contributed by atoms with van der Waals surface area (Å²) in [6.45, 7) is 2.81. The van der Waals surface area contributed by atoms with E-state index in [4.69, 9.17) is 5.73 Å². The molecule has 0 amide bonds. The lowest BCUT2D eigenvalue weighted by atomic mass is 9.96. The molecule has 2 heterocycles. The number of rotatable bonds is 4. The van der Waals surface area contributed by atoms with Crippen LogP contribution in [0.5, 0.6) is 0 Å². The summed E-state index contributed by atoms with van der Waals surface area (Å²) in [6, 6.07) is 0.